The van der Waals surface area contributed by atoms with Crippen LogP contribution in [-0.4, -0.2) is 11.1 Å². The molecule has 0 aliphatic rings. The maximum atomic E-state index is 12.6. The monoisotopic (exact) mass is 384 g/mol. The van der Waals surface area contributed by atoms with E-state index in [0.29, 0.717) is 12.1 Å². The first kappa shape index (κ1) is 15.1. The van der Waals surface area contributed by atoms with E-state index in [0.717, 1.165) is 22.6 Å². The summed E-state index contributed by atoms with van der Waals surface area (Å²) < 4.78 is 74.9. The third-order valence-electron chi connectivity index (χ3n) is 1.95. The summed E-state index contributed by atoms with van der Waals surface area (Å²) in [6.07, 6.45) is -10.7. The zero-order chi connectivity index (χ0) is 14.3. The van der Waals surface area contributed by atoms with Crippen molar-refractivity contribution in [2.45, 2.75) is 12.4 Å². The summed E-state index contributed by atoms with van der Waals surface area (Å²) in [5.41, 5.74) is -5.57. The largest absolute Gasteiger partial charge is 0.478 e. The Bertz CT molecular complexity index is 491. The van der Waals surface area contributed by atoms with E-state index in [1.54, 1.807) is 0 Å². The molecular formula is C9H3F6IO2. The molecule has 0 heterocycles. The lowest BCUT2D eigenvalue weighted by molar-refractivity contribution is -0.162. The predicted octanol–water partition coefficient (Wildman–Crippen LogP) is 4.03. The number of carboxylic acid groups (broad SMARTS) is 1. The fraction of sp³-hybridized carbons (Fsp3) is 0.222. The van der Waals surface area contributed by atoms with Crippen LogP contribution in [0.3, 0.4) is 0 Å². The van der Waals surface area contributed by atoms with Gasteiger partial charge < -0.3 is 5.11 Å². The molecule has 0 aliphatic heterocycles. The molecule has 0 unspecified atom stereocenters. The Morgan fingerprint density at radius 3 is 1.78 bits per heavy atom. The van der Waals surface area contributed by atoms with Crippen LogP contribution >= 0.6 is 22.6 Å². The van der Waals surface area contributed by atoms with Crippen LogP contribution in [-0.2, 0) is 12.4 Å². The molecule has 1 rings (SSSR count). The van der Waals surface area contributed by atoms with E-state index in [9.17, 15) is 31.1 Å². The van der Waals surface area contributed by atoms with Gasteiger partial charge in [0.25, 0.3) is 0 Å². The van der Waals surface area contributed by atoms with Crippen molar-refractivity contribution in [3.63, 3.8) is 0 Å². The van der Waals surface area contributed by atoms with Crippen LogP contribution in [0.15, 0.2) is 12.1 Å². The molecular weight excluding hydrogens is 381 g/mol. The third kappa shape index (κ3) is 2.87. The van der Waals surface area contributed by atoms with Crippen molar-refractivity contribution in [3.05, 3.63) is 32.4 Å². The third-order valence-corrected chi connectivity index (χ3v) is 2.85. The first-order valence-corrected chi connectivity index (χ1v) is 5.24. The van der Waals surface area contributed by atoms with Crippen LogP contribution in [0.2, 0.25) is 0 Å². The van der Waals surface area contributed by atoms with Gasteiger partial charge in [0.05, 0.1) is 16.7 Å². The highest BCUT2D eigenvalue weighted by Crippen LogP contribution is 2.44. The van der Waals surface area contributed by atoms with Gasteiger partial charge in [-0.25, -0.2) is 4.79 Å². The molecule has 100 valence electrons. The summed E-state index contributed by atoms with van der Waals surface area (Å²) in [7, 11) is 0. The molecule has 0 aromatic heterocycles. The maximum Gasteiger partial charge on any atom is 0.418 e. The van der Waals surface area contributed by atoms with Crippen molar-refractivity contribution in [2.24, 2.45) is 0 Å². The van der Waals surface area contributed by atoms with Gasteiger partial charge in [-0.15, -0.1) is 0 Å². The van der Waals surface area contributed by atoms with E-state index in [1.807, 2.05) is 0 Å². The number of hydrogen-bond acceptors (Lipinski definition) is 1. The minimum atomic E-state index is -5.40. The molecule has 18 heavy (non-hydrogen) atoms. The Morgan fingerprint density at radius 2 is 1.44 bits per heavy atom. The van der Waals surface area contributed by atoms with E-state index in [1.165, 1.54) is 0 Å². The topological polar surface area (TPSA) is 37.3 Å². The molecule has 0 amide bonds. The van der Waals surface area contributed by atoms with Crippen LogP contribution in [0.5, 0.6) is 0 Å². The molecule has 0 atom stereocenters. The molecule has 9 heteroatoms. The number of aromatic carboxylic acids is 1. The summed E-state index contributed by atoms with van der Waals surface area (Å²) in [4.78, 5) is 10.6. The number of alkyl halides is 6. The summed E-state index contributed by atoms with van der Waals surface area (Å²) in [6, 6.07) is 1.18. The zero-order valence-corrected chi connectivity index (χ0v) is 10.3. The smallest absolute Gasteiger partial charge is 0.418 e. The van der Waals surface area contributed by atoms with E-state index in [2.05, 4.69) is 0 Å². The molecule has 2 nitrogen and oxygen atoms in total. The first-order valence-electron chi connectivity index (χ1n) is 4.16. The average Bonchev–Trinajstić information content (AvgIpc) is 2.13. The van der Waals surface area contributed by atoms with Crippen molar-refractivity contribution >= 4 is 28.6 Å². The highest BCUT2D eigenvalue weighted by Gasteiger charge is 2.47. The second-order valence-electron chi connectivity index (χ2n) is 3.15. The Kier molecular flexibility index (Phi) is 3.84. The molecule has 0 saturated heterocycles. The second kappa shape index (κ2) is 4.59. The summed E-state index contributed by atoms with van der Waals surface area (Å²) >= 11 is 1.08. The van der Waals surface area contributed by atoms with Crippen molar-refractivity contribution < 1.29 is 36.2 Å². The molecule has 0 saturated carbocycles. The van der Waals surface area contributed by atoms with Crippen molar-refractivity contribution in [2.75, 3.05) is 0 Å². The van der Waals surface area contributed by atoms with E-state index < -0.39 is 38.6 Å². The number of hydrogen-bond donors (Lipinski definition) is 1. The summed E-state index contributed by atoms with van der Waals surface area (Å²) in [5, 5.41) is 8.54. The van der Waals surface area contributed by atoms with Crippen LogP contribution < -0.4 is 0 Å². The fourth-order valence-electron chi connectivity index (χ4n) is 1.33. The lowest BCUT2D eigenvalue weighted by Gasteiger charge is -2.18. The Hall–Kier alpha value is -1.00. The number of carbonyl (C=O) groups is 1. The Balaban J connectivity index is 3.79. The molecule has 1 aromatic carbocycles. The van der Waals surface area contributed by atoms with Gasteiger partial charge in [0.15, 0.2) is 0 Å². The Labute approximate surface area is 110 Å². The van der Waals surface area contributed by atoms with Gasteiger partial charge in [-0.05, 0) is 34.7 Å². The van der Waals surface area contributed by atoms with Crippen LogP contribution in [0.1, 0.15) is 21.5 Å². The molecule has 0 aliphatic carbocycles. The number of halogens is 7. The van der Waals surface area contributed by atoms with Gasteiger partial charge in [-0.1, -0.05) is 0 Å². The summed E-state index contributed by atoms with van der Waals surface area (Å²) in [5.74, 6) is -2.07. The lowest BCUT2D eigenvalue weighted by Crippen LogP contribution is -2.22. The fourth-order valence-corrected chi connectivity index (χ4v) is 2.08. The van der Waals surface area contributed by atoms with Crippen LogP contribution in [0.4, 0.5) is 26.3 Å². The van der Waals surface area contributed by atoms with Gasteiger partial charge in [0.2, 0.25) is 0 Å². The highest BCUT2D eigenvalue weighted by molar-refractivity contribution is 14.1. The molecule has 1 aromatic rings. The van der Waals surface area contributed by atoms with Crippen molar-refractivity contribution in [1.29, 1.82) is 0 Å². The van der Waals surface area contributed by atoms with E-state index in [-0.39, 0.29) is 0 Å². The zero-order valence-electron chi connectivity index (χ0n) is 8.16. The van der Waals surface area contributed by atoms with Crippen molar-refractivity contribution in [1.82, 2.24) is 0 Å². The molecule has 0 bridgehead atoms. The van der Waals surface area contributed by atoms with E-state index in [4.69, 9.17) is 5.11 Å². The van der Waals surface area contributed by atoms with Gasteiger partial charge in [-0.3, -0.25) is 0 Å². The van der Waals surface area contributed by atoms with Gasteiger partial charge in [0.1, 0.15) is 0 Å². The van der Waals surface area contributed by atoms with E-state index >= 15 is 0 Å². The lowest BCUT2D eigenvalue weighted by atomic mass is 10.00. The van der Waals surface area contributed by atoms with Gasteiger partial charge in [-0.2, -0.15) is 26.3 Å². The minimum absolute atomic E-state index is 0.502. The van der Waals surface area contributed by atoms with Crippen LogP contribution in [0, 0.1) is 3.57 Å². The quantitative estimate of drug-likeness (QED) is 0.587. The molecule has 1 N–H and O–H groups in total. The molecule has 0 fully saturated rings. The van der Waals surface area contributed by atoms with Crippen molar-refractivity contribution in [3.8, 4) is 0 Å². The average molecular weight is 384 g/mol. The van der Waals surface area contributed by atoms with Gasteiger partial charge >= 0.3 is 18.3 Å². The normalized spacial score (nSPS) is 12.6. The number of rotatable bonds is 1. The minimum Gasteiger partial charge on any atom is -0.478 e. The Morgan fingerprint density at radius 1 is 1.00 bits per heavy atom. The second-order valence-corrected chi connectivity index (χ2v) is 4.31. The predicted molar refractivity (Wildman–Crippen MR) is 56.1 cm³/mol. The SMILES string of the molecule is O=C(O)c1ccc(I)c(C(F)(F)F)c1C(F)(F)F. The maximum absolute atomic E-state index is 12.6. The van der Waals surface area contributed by atoms with Crippen LogP contribution in [0.25, 0.3) is 0 Å². The number of carboxylic acids is 1. The molecule has 0 radical (unpaired) electrons. The first-order chi connectivity index (χ1) is 7.96. The van der Waals surface area contributed by atoms with Gasteiger partial charge in [0, 0.05) is 3.57 Å². The highest BCUT2D eigenvalue weighted by atomic mass is 127. The standard InChI is InChI=1S/C9H3F6IO2/c10-8(11,12)5-3(7(17)18)1-2-4(16)6(5)9(13,14)15/h1-2H,(H,17,18). The molecule has 0 spiro atoms. The summed E-state index contributed by atoms with van der Waals surface area (Å²) in [6.45, 7) is 0. The number of benzene rings is 1.